The first-order chi connectivity index (χ1) is 12.2. The van der Waals surface area contributed by atoms with Gasteiger partial charge in [0, 0.05) is 30.1 Å². The molecule has 0 spiro atoms. The number of benzene rings is 1. The number of carbonyl (C=O) groups is 1. The summed E-state index contributed by atoms with van der Waals surface area (Å²) in [5, 5.41) is 11.7. The Labute approximate surface area is 148 Å². The molecule has 0 aliphatic heterocycles. The molecular formula is C17H16FN5OS. The zero-order chi connectivity index (χ0) is 17.6. The highest BCUT2D eigenvalue weighted by Crippen LogP contribution is 2.24. The summed E-state index contributed by atoms with van der Waals surface area (Å²) < 4.78 is 15.2. The summed E-state index contributed by atoms with van der Waals surface area (Å²) in [6.45, 7) is 2.55. The van der Waals surface area contributed by atoms with E-state index in [-0.39, 0.29) is 11.7 Å². The monoisotopic (exact) mass is 357 g/mol. The minimum atomic E-state index is -0.570. The molecular weight excluding hydrogens is 341 g/mol. The molecule has 6 nitrogen and oxygen atoms in total. The molecule has 8 heteroatoms. The maximum Gasteiger partial charge on any atom is 0.234 e. The molecule has 128 valence electrons. The second-order valence-electron chi connectivity index (χ2n) is 5.12. The molecule has 0 fully saturated rings. The highest BCUT2D eigenvalue weighted by Gasteiger charge is 2.15. The highest BCUT2D eigenvalue weighted by atomic mass is 32.2. The number of anilines is 1. The predicted molar refractivity (Wildman–Crippen MR) is 94.7 cm³/mol. The van der Waals surface area contributed by atoms with Gasteiger partial charge in [-0.3, -0.25) is 4.79 Å². The van der Waals surface area contributed by atoms with E-state index in [0.29, 0.717) is 23.1 Å². The second-order valence-corrected chi connectivity index (χ2v) is 6.06. The van der Waals surface area contributed by atoms with Crippen molar-refractivity contribution in [2.45, 2.75) is 18.6 Å². The van der Waals surface area contributed by atoms with Crippen LogP contribution in [0.1, 0.15) is 6.92 Å². The molecule has 0 unspecified atom stereocenters. The first-order valence-electron chi connectivity index (χ1n) is 7.70. The topological polar surface area (TPSA) is 72.7 Å². The number of para-hydroxylation sites is 1. The number of nitrogens with one attached hydrogen (secondary N) is 1. The van der Waals surface area contributed by atoms with Crippen LogP contribution in [0.15, 0.2) is 53.8 Å². The van der Waals surface area contributed by atoms with Gasteiger partial charge in [0.25, 0.3) is 0 Å². The van der Waals surface area contributed by atoms with Gasteiger partial charge >= 0.3 is 0 Å². The van der Waals surface area contributed by atoms with Gasteiger partial charge in [-0.15, -0.1) is 10.2 Å². The Kier molecular flexibility index (Phi) is 5.39. The van der Waals surface area contributed by atoms with Crippen molar-refractivity contribution < 1.29 is 9.18 Å². The Morgan fingerprint density at radius 1 is 1.24 bits per heavy atom. The van der Waals surface area contributed by atoms with Crippen LogP contribution in [0, 0.1) is 5.95 Å². The Hall–Kier alpha value is -2.74. The molecule has 25 heavy (non-hydrogen) atoms. The Bertz CT molecular complexity index is 868. The first-order valence-corrected chi connectivity index (χ1v) is 8.68. The minimum absolute atomic E-state index is 0.127. The van der Waals surface area contributed by atoms with Crippen LogP contribution in [0.4, 0.5) is 10.1 Å². The van der Waals surface area contributed by atoms with Crippen molar-refractivity contribution in [2.75, 3.05) is 11.1 Å². The molecule has 1 aromatic carbocycles. The lowest BCUT2D eigenvalue weighted by molar-refractivity contribution is -0.113. The molecule has 3 aromatic rings. The van der Waals surface area contributed by atoms with E-state index < -0.39 is 5.95 Å². The number of rotatable bonds is 6. The van der Waals surface area contributed by atoms with E-state index >= 15 is 0 Å². The fourth-order valence-electron chi connectivity index (χ4n) is 2.28. The lowest BCUT2D eigenvalue weighted by Crippen LogP contribution is -2.14. The minimum Gasteiger partial charge on any atom is -0.325 e. The molecule has 2 heterocycles. The molecule has 3 rings (SSSR count). The maximum atomic E-state index is 13.3. The SMILES string of the molecule is CCn1c(SCC(=O)Nc2ccccc2)nnc1-c1ccnc(F)c1. The number of hydrogen-bond acceptors (Lipinski definition) is 5. The summed E-state index contributed by atoms with van der Waals surface area (Å²) >= 11 is 1.29. The van der Waals surface area contributed by atoms with Gasteiger partial charge in [-0.25, -0.2) is 4.98 Å². The summed E-state index contributed by atoms with van der Waals surface area (Å²) in [5.74, 6) is 0.0605. The van der Waals surface area contributed by atoms with Gasteiger partial charge in [0.2, 0.25) is 11.9 Å². The third kappa shape index (κ3) is 4.21. The number of thioether (sulfide) groups is 1. The Morgan fingerprint density at radius 2 is 2.04 bits per heavy atom. The summed E-state index contributed by atoms with van der Waals surface area (Å²) in [4.78, 5) is 15.6. The number of halogens is 1. The molecule has 0 saturated carbocycles. The molecule has 0 atom stereocenters. The predicted octanol–water partition coefficient (Wildman–Crippen LogP) is 3.23. The van der Waals surface area contributed by atoms with Crippen LogP contribution in [0.2, 0.25) is 0 Å². The molecule has 0 saturated heterocycles. The second kappa shape index (κ2) is 7.89. The van der Waals surface area contributed by atoms with Gasteiger partial charge in [-0.2, -0.15) is 4.39 Å². The average Bonchev–Trinajstić information content (AvgIpc) is 3.04. The Morgan fingerprint density at radius 3 is 2.76 bits per heavy atom. The van der Waals surface area contributed by atoms with Crippen molar-refractivity contribution in [3.8, 4) is 11.4 Å². The van der Waals surface area contributed by atoms with Gasteiger partial charge in [-0.1, -0.05) is 30.0 Å². The van der Waals surface area contributed by atoms with Gasteiger partial charge in [0.1, 0.15) is 0 Å². The molecule has 0 aliphatic carbocycles. The smallest absolute Gasteiger partial charge is 0.234 e. The van der Waals surface area contributed by atoms with E-state index in [2.05, 4.69) is 20.5 Å². The van der Waals surface area contributed by atoms with Crippen molar-refractivity contribution in [3.63, 3.8) is 0 Å². The zero-order valence-electron chi connectivity index (χ0n) is 13.5. The van der Waals surface area contributed by atoms with Crippen molar-refractivity contribution in [1.29, 1.82) is 0 Å². The average molecular weight is 357 g/mol. The number of nitrogens with zero attached hydrogens (tertiary/aromatic N) is 4. The lowest BCUT2D eigenvalue weighted by atomic mass is 10.2. The number of pyridine rings is 1. The zero-order valence-corrected chi connectivity index (χ0v) is 14.3. The van der Waals surface area contributed by atoms with E-state index in [1.165, 1.54) is 24.0 Å². The number of hydrogen-bond donors (Lipinski definition) is 1. The van der Waals surface area contributed by atoms with Gasteiger partial charge in [0.15, 0.2) is 11.0 Å². The van der Waals surface area contributed by atoms with E-state index in [1.807, 2.05) is 41.8 Å². The van der Waals surface area contributed by atoms with Gasteiger partial charge in [-0.05, 0) is 25.1 Å². The van der Waals surface area contributed by atoms with Gasteiger partial charge < -0.3 is 9.88 Å². The van der Waals surface area contributed by atoms with E-state index in [1.54, 1.807) is 6.07 Å². The summed E-state index contributed by atoms with van der Waals surface area (Å²) in [6, 6.07) is 12.2. The third-order valence-electron chi connectivity index (χ3n) is 3.41. The van der Waals surface area contributed by atoms with Crippen molar-refractivity contribution in [2.24, 2.45) is 0 Å². The van der Waals surface area contributed by atoms with E-state index in [9.17, 15) is 9.18 Å². The van der Waals surface area contributed by atoms with Gasteiger partial charge in [0.05, 0.1) is 5.75 Å². The highest BCUT2D eigenvalue weighted by molar-refractivity contribution is 7.99. The summed E-state index contributed by atoms with van der Waals surface area (Å²) in [5.41, 5.74) is 1.35. The first kappa shape index (κ1) is 17.1. The molecule has 1 N–H and O–H groups in total. The maximum absolute atomic E-state index is 13.3. The lowest BCUT2D eigenvalue weighted by Gasteiger charge is -2.08. The third-order valence-corrected chi connectivity index (χ3v) is 4.37. The number of aromatic nitrogens is 4. The summed E-state index contributed by atoms with van der Waals surface area (Å²) in [6.07, 6.45) is 1.39. The van der Waals surface area contributed by atoms with Crippen LogP contribution in [-0.2, 0) is 11.3 Å². The van der Waals surface area contributed by atoms with Crippen LogP contribution in [-0.4, -0.2) is 31.4 Å². The molecule has 0 aliphatic rings. The normalized spacial score (nSPS) is 10.6. The molecule has 1 amide bonds. The summed E-state index contributed by atoms with van der Waals surface area (Å²) in [7, 11) is 0. The Balaban J connectivity index is 1.70. The standard InChI is InChI=1S/C17H16FN5OS/c1-2-23-16(12-8-9-19-14(18)10-12)21-22-17(23)25-11-15(24)20-13-6-4-3-5-7-13/h3-10H,2,11H2,1H3,(H,20,24). The van der Waals surface area contributed by atoms with Crippen LogP contribution in [0.3, 0.4) is 0 Å². The van der Waals surface area contributed by atoms with Crippen molar-refractivity contribution in [3.05, 3.63) is 54.6 Å². The van der Waals surface area contributed by atoms with E-state index in [4.69, 9.17) is 0 Å². The number of amides is 1. The fourth-order valence-corrected chi connectivity index (χ4v) is 3.09. The van der Waals surface area contributed by atoms with Crippen LogP contribution in [0.25, 0.3) is 11.4 Å². The molecule has 0 radical (unpaired) electrons. The van der Waals surface area contributed by atoms with Crippen molar-refractivity contribution in [1.82, 2.24) is 19.7 Å². The van der Waals surface area contributed by atoms with E-state index in [0.717, 1.165) is 5.69 Å². The van der Waals surface area contributed by atoms with Crippen LogP contribution >= 0.6 is 11.8 Å². The van der Waals surface area contributed by atoms with Crippen LogP contribution < -0.4 is 5.32 Å². The largest absolute Gasteiger partial charge is 0.325 e. The van der Waals surface area contributed by atoms with Crippen LogP contribution in [0.5, 0.6) is 0 Å². The number of carbonyl (C=O) groups excluding carboxylic acids is 1. The van der Waals surface area contributed by atoms with Crippen molar-refractivity contribution >= 4 is 23.4 Å². The molecule has 0 bridgehead atoms. The quantitative estimate of drug-likeness (QED) is 0.542. The molecule has 2 aromatic heterocycles. The fraction of sp³-hybridized carbons (Fsp3) is 0.176.